The molecule has 11 heteroatoms. The van der Waals surface area contributed by atoms with Crippen molar-refractivity contribution in [2.24, 2.45) is 0 Å². The molecule has 9 nitrogen and oxygen atoms in total. The minimum atomic E-state index is -3.57. The van der Waals surface area contributed by atoms with Crippen LogP contribution in [0, 0.1) is 0 Å². The van der Waals surface area contributed by atoms with Gasteiger partial charge in [-0.15, -0.1) is 0 Å². The van der Waals surface area contributed by atoms with E-state index in [9.17, 15) is 13.2 Å². The molecule has 0 aliphatic rings. The number of rotatable bonds is 8. The number of benzene rings is 2. The molecule has 0 aliphatic carbocycles. The summed E-state index contributed by atoms with van der Waals surface area (Å²) < 4.78 is 26.6. The first-order valence-electron chi connectivity index (χ1n) is 9.30. The van der Waals surface area contributed by atoms with Crippen LogP contribution in [0.25, 0.3) is 0 Å². The lowest BCUT2D eigenvalue weighted by atomic mass is 10.1. The topological polar surface area (TPSA) is 153 Å². The average molecular weight is 459 g/mol. The van der Waals surface area contributed by atoms with Gasteiger partial charge in [-0.2, -0.15) is 0 Å². The van der Waals surface area contributed by atoms with Crippen molar-refractivity contribution >= 4 is 45.0 Å². The van der Waals surface area contributed by atoms with Gasteiger partial charge in [0.2, 0.25) is 15.9 Å². The van der Waals surface area contributed by atoms with Crippen molar-refractivity contribution in [3.05, 3.63) is 66.2 Å². The lowest BCUT2D eigenvalue weighted by Gasteiger charge is -2.17. The largest absolute Gasteiger partial charge is 0.383 e. The molecule has 0 aliphatic heterocycles. The molecule has 1 atom stereocenters. The molecule has 0 spiro atoms. The van der Waals surface area contributed by atoms with Crippen molar-refractivity contribution in [3.63, 3.8) is 0 Å². The first-order valence-corrected chi connectivity index (χ1v) is 11.7. The summed E-state index contributed by atoms with van der Waals surface area (Å²) in [6.45, 7) is 1.98. The van der Waals surface area contributed by atoms with E-state index in [1.54, 1.807) is 6.92 Å². The van der Waals surface area contributed by atoms with Gasteiger partial charge in [0.15, 0.2) is 5.16 Å². The molecule has 162 valence electrons. The van der Waals surface area contributed by atoms with E-state index < -0.39 is 15.3 Å². The molecular formula is C20H22N6O3S2. The lowest BCUT2D eigenvalue weighted by Crippen LogP contribution is -2.23. The molecule has 31 heavy (non-hydrogen) atoms. The molecule has 0 radical (unpaired) electrons. The van der Waals surface area contributed by atoms with Crippen molar-refractivity contribution < 1.29 is 13.2 Å². The van der Waals surface area contributed by atoms with Crippen LogP contribution in [-0.2, 0) is 14.8 Å². The normalized spacial score (nSPS) is 12.3. The van der Waals surface area contributed by atoms with Gasteiger partial charge in [-0.3, -0.25) is 4.79 Å². The van der Waals surface area contributed by atoms with E-state index in [0.29, 0.717) is 5.69 Å². The molecule has 2 aromatic carbocycles. The molecule has 0 unspecified atom stereocenters. The highest BCUT2D eigenvalue weighted by Gasteiger charge is 2.24. The number of anilines is 3. The molecule has 1 aromatic heterocycles. The molecule has 1 amide bonds. The second kappa shape index (κ2) is 9.77. The van der Waals surface area contributed by atoms with Crippen LogP contribution in [-0.4, -0.2) is 30.8 Å². The molecule has 0 saturated heterocycles. The maximum Gasteiger partial charge on any atom is 0.242 e. The van der Waals surface area contributed by atoms with Crippen molar-refractivity contribution in [1.29, 1.82) is 0 Å². The van der Waals surface area contributed by atoms with Gasteiger partial charge >= 0.3 is 0 Å². The lowest BCUT2D eigenvalue weighted by molar-refractivity contribution is -0.115. The van der Waals surface area contributed by atoms with Crippen molar-refractivity contribution in [2.75, 3.05) is 23.3 Å². The molecular weight excluding hydrogens is 436 g/mol. The van der Waals surface area contributed by atoms with E-state index in [1.165, 1.54) is 30.3 Å². The molecule has 0 saturated carbocycles. The summed E-state index contributed by atoms with van der Waals surface area (Å²) in [4.78, 5) is 21.5. The second-order valence-electron chi connectivity index (χ2n) is 6.42. The molecule has 3 aromatic rings. The monoisotopic (exact) mass is 458 g/mol. The smallest absolute Gasteiger partial charge is 0.242 e. The summed E-state index contributed by atoms with van der Waals surface area (Å²) in [5.74, 6) is 0.0856. The predicted molar refractivity (Wildman–Crippen MR) is 122 cm³/mol. The molecule has 0 fully saturated rings. The van der Waals surface area contributed by atoms with E-state index in [2.05, 4.69) is 20.0 Å². The first kappa shape index (κ1) is 22.5. The Morgan fingerprint density at radius 3 is 2.23 bits per heavy atom. The Morgan fingerprint density at radius 1 is 1.03 bits per heavy atom. The zero-order valence-electron chi connectivity index (χ0n) is 16.6. The Morgan fingerprint density at radius 2 is 1.65 bits per heavy atom. The number of sulfonamides is 1. The molecule has 0 bridgehead atoms. The van der Waals surface area contributed by atoms with Crippen LogP contribution in [0.3, 0.4) is 0 Å². The van der Waals surface area contributed by atoms with Crippen LogP contribution in [0.1, 0.15) is 17.7 Å². The number of hydrogen-bond acceptors (Lipinski definition) is 8. The summed E-state index contributed by atoms with van der Waals surface area (Å²) >= 11 is 1.11. The Kier molecular flexibility index (Phi) is 7.10. The number of nitrogens with one attached hydrogen (secondary N) is 2. The number of thioether (sulfide) groups is 1. The number of carbonyl (C=O) groups excluding carboxylic acids is 1. The van der Waals surface area contributed by atoms with E-state index >= 15 is 0 Å². The number of carbonyl (C=O) groups is 1. The number of aromatic nitrogens is 2. The fourth-order valence-corrected chi connectivity index (χ4v) is 4.75. The van der Waals surface area contributed by atoms with Crippen LogP contribution in [0.4, 0.5) is 17.3 Å². The zero-order valence-corrected chi connectivity index (χ0v) is 18.3. The van der Waals surface area contributed by atoms with Gasteiger partial charge in [0.25, 0.3) is 0 Å². The minimum absolute atomic E-state index is 0.116. The van der Waals surface area contributed by atoms with Gasteiger partial charge in [-0.05, 0) is 29.8 Å². The van der Waals surface area contributed by atoms with E-state index in [0.717, 1.165) is 17.3 Å². The Hall–Kier alpha value is -3.15. The van der Waals surface area contributed by atoms with Gasteiger partial charge < -0.3 is 16.8 Å². The zero-order chi connectivity index (χ0) is 22.4. The highest BCUT2D eigenvalue weighted by molar-refractivity contribution is 8.00. The molecule has 1 heterocycles. The van der Waals surface area contributed by atoms with Crippen molar-refractivity contribution in [2.45, 2.75) is 22.2 Å². The Bertz CT molecular complexity index is 1140. The van der Waals surface area contributed by atoms with E-state index in [-0.39, 0.29) is 34.1 Å². The van der Waals surface area contributed by atoms with Gasteiger partial charge in [-0.25, -0.2) is 23.1 Å². The number of amides is 1. The Labute approximate surface area is 184 Å². The van der Waals surface area contributed by atoms with Gasteiger partial charge in [0.05, 0.1) is 4.90 Å². The summed E-state index contributed by atoms with van der Waals surface area (Å²) in [5.41, 5.74) is 12.7. The van der Waals surface area contributed by atoms with Gasteiger partial charge in [0, 0.05) is 18.3 Å². The van der Waals surface area contributed by atoms with Crippen LogP contribution in [0.2, 0.25) is 0 Å². The number of nitrogens with two attached hydrogens (primary N) is 2. The standard InChI is InChI=1S/C20H22N6O3S2/c1-2-23-31(28,29)15-10-8-14(9-11-15)24-19(27)18(13-6-4-3-5-7-13)30-20-25-16(21)12-17(22)26-20/h3-12,18,23H,2H2,1H3,(H,24,27)(H4,21,22,25,26)/t18-/m1/s1. The fraction of sp³-hybridized carbons (Fsp3) is 0.150. The van der Waals surface area contributed by atoms with E-state index in [4.69, 9.17) is 11.5 Å². The third-order valence-corrected chi connectivity index (χ3v) is 6.75. The quantitative estimate of drug-likeness (QED) is 0.296. The average Bonchev–Trinajstić information content (AvgIpc) is 2.72. The van der Waals surface area contributed by atoms with Crippen LogP contribution in [0.15, 0.2) is 70.7 Å². The van der Waals surface area contributed by atoms with Crippen LogP contribution in [0.5, 0.6) is 0 Å². The third kappa shape index (κ3) is 5.94. The number of nitrogens with zero attached hydrogens (tertiary/aromatic N) is 2. The fourth-order valence-electron chi connectivity index (χ4n) is 2.72. The summed E-state index contributed by atoms with van der Waals surface area (Å²) in [7, 11) is -3.57. The highest BCUT2D eigenvalue weighted by Crippen LogP contribution is 2.35. The maximum absolute atomic E-state index is 13.1. The second-order valence-corrected chi connectivity index (χ2v) is 9.26. The summed E-state index contributed by atoms with van der Waals surface area (Å²) in [5, 5.41) is 2.39. The van der Waals surface area contributed by atoms with E-state index in [1.807, 2.05) is 30.3 Å². The van der Waals surface area contributed by atoms with Crippen LogP contribution >= 0.6 is 11.8 Å². The molecule has 3 rings (SSSR count). The Balaban J connectivity index is 1.83. The van der Waals surface area contributed by atoms with Crippen molar-refractivity contribution in [1.82, 2.24) is 14.7 Å². The summed E-state index contributed by atoms with van der Waals surface area (Å²) in [6.07, 6.45) is 0. The number of nitrogen functional groups attached to an aromatic ring is 2. The third-order valence-electron chi connectivity index (χ3n) is 4.08. The molecule has 6 N–H and O–H groups in total. The maximum atomic E-state index is 13.1. The highest BCUT2D eigenvalue weighted by atomic mass is 32.2. The number of hydrogen-bond donors (Lipinski definition) is 4. The van der Waals surface area contributed by atoms with Gasteiger partial charge in [-0.1, -0.05) is 49.0 Å². The van der Waals surface area contributed by atoms with Crippen molar-refractivity contribution in [3.8, 4) is 0 Å². The van der Waals surface area contributed by atoms with Gasteiger partial charge in [0.1, 0.15) is 16.9 Å². The minimum Gasteiger partial charge on any atom is -0.383 e. The first-order chi connectivity index (χ1) is 14.8. The summed E-state index contributed by atoms with van der Waals surface area (Å²) in [6, 6.07) is 16.5. The SMILES string of the molecule is CCNS(=O)(=O)c1ccc(NC(=O)[C@H](Sc2nc(N)cc(N)n2)c2ccccc2)cc1. The predicted octanol–water partition coefficient (Wildman–Crippen LogP) is 2.41. The van der Waals surface area contributed by atoms with Crippen LogP contribution < -0.4 is 21.5 Å².